The topological polar surface area (TPSA) is 3.24 Å². The van der Waals surface area contributed by atoms with E-state index in [1.807, 2.05) is 0 Å². The van der Waals surface area contributed by atoms with Crippen LogP contribution in [-0.4, -0.2) is 8.07 Å². The van der Waals surface area contributed by atoms with Crippen LogP contribution in [0.4, 0.5) is 17.1 Å². The van der Waals surface area contributed by atoms with Gasteiger partial charge >= 0.3 is 0 Å². The van der Waals surface area contributed by atoms with E-state index in [2.05, 4.69) is 316 Å². The molecule has 3 aliphatic rings. The van der Waals surface area contributed by atoms with Gasteiger partial charge in [0.25, 0.3) is 0 Å². The van der Waals surface area contributed by atoms with Gasteiger partial charge in [0.15, 0.2) is 8.07 Å². The molecule has 12 aromatic carbocycles. The molecular weight excluding hydrogens is 955 g/mol. The van der Waals surface area contributed by atoms with Gasteiger partial charge in [-0.3, -0.25) is 0 Å². The minimum Gasteiger partial charge on any atom is -0.310 e. The largest absolute Gasteiger partial charge is 0.310 e. The second-order valence-corrected chi connectivity index (χ2v) is 25.4. The number of hydrogen-bond donors (Lipinski definition) is 0. The molecule has 78 heavy (non-hydrogen) atoms. The lowest BCUT2D eigenvalue weighted by Gasteiger charge is -2.36. The monoisotopic (exact) mass is 1010 g/mol. The van der Waals surface area contributed by atoms with Crippen molar-refractivity contribution in [3.05, 3.63) is 342 Å². The molecule has 0 N–H and O–H groups in total. The summed E-state index contributed by atoms with van der Waals surface area (Å²) in [5, 5.41) is 5.60. The number of fused-ring (bicyclic) bond motifs is 9. The lowest BCUT2D eigenvalue weighted by molar-refractivity contribution is 0.714. The summed E-state index contributed by atoms with van der Waals surface area (Å²) in [6.45, 7) is 4.73. The van der Waals surface area contributed by atoms with Crippen molar-refractivity contribution < 1.29 is 0 Å². The highest BCUT2D eigenvalue weighted by Crippen LogP contribution is 2.58. The van der Waals surface area contributed by atoms with Gasteiger partial charge in [-0.25, -0.2) is 0 Å². The van der Waals surface area contributed by atoms with Crippen LogP contribution in [0.3, 0.4) is 0 Å². The normalized spacial score (nSPS) is 16.8. The second-order valence-electron chi connectivity index (χ2n) is 21.7. The van der Waals surface area contributed by atoms with Crippen LogP contribution in [0.25, 0.3) is 44.5 Å². The summed E-state index contributed by atoms with van der Waals surface area (Å²) in [4.78, 5) is 2.58. The third-order valence-corrected chi connectivity index (χ3v) is 22.5. The molecule has 1 heterocycles. The average Bonchev–Trinajstić information content (AvgIpc) is 4.30. The molecule has 15 rings (SSSR count). The van der Waals surface area contributed by atoms with Gasteiger partial charge in [-0.15, -0.1) is 0 Å². The molecular formula is C76H55NSi. The number of anilines is 3. The molecule has 0 aromatic heterocycles. The summed E-state index contributed by atoms with van der Waals surface area (Å²) in [6, 6.07) is 113. The number of hydrogen-bond acceptors (Lipinski definition) is 1. The molecule has 2 aliphatic carbocycles. The maximum atomic E-state index is 2.58. The van der Waals surface area contributed by atoms with E-state index < -0.39 is 13.5 Å². The second kappa shape index (κ2) is 17.9. The standard InChI is InChI=1S/C76H55NSi/c1-52-46-60(50-62(47-52)78(61-32-13-6-14-33-61)73-41-22-18-37-67(73)68-44-42-54(48-74(68)78)53-24-7-3-8-25-53)77(59-43-45-66-63-34-15-19-38-69(63)75(2,72(66)51-59)55-26-9-4-10-27-55)58-31-23-30-57(49-58)76(56-28-11-5-12-29-56)70-39-20-16-35-64(70)65-36-17-21-40-71(65)76/h3-51H,1-2H3. The first-order valence-electron chi connectivity index (χ1n) is 27.4. The van der Waals surface area contributed by atoms with Gasteiger partial charge in [0.05, 0.1) is 5.41 Å². The summed E-state index contributed by atoms with van der Waals surface area (Å²) < 4.78 is 0. The molecule has 1 nitrogen and oxygen atoms in total. The Balaban J connectivity index is 1.02. The molecule has 0 saturated heterocycles. The summed E-state index contributed by atoms with van der Waals surface area (Å²) in [6.07, 6.45) is 0. The van der Waals surface area contributed by atoms with Crippen LogP contribution in [0.1, 0.15) is 51.4 Å². The van der Waals surface area contributed by atoms with Crippen LogP contribution in [0, 0.1) is 6.92 Å². The van der Waals surface area contributed by atoms with E-state index in [-0.39, 0.29) is 5.41 Å². The van der Waals surface area contributed by atoms with Crippen LogP contribution >= 0.6 is 0 Å². The van der Waals surface area contributed by atoms with Crippen molar-refractivity contribution in [2.45, 2.75) is 24.7 Å². The van der Waals surface area contributed by atoms with E-state index in [9.17, 15) is 0 Å². The number of aryl methyl sites for hydroxylation is 1. The first-order valence-corrected chi connectivity index (χ1v) is 29.4. The van der Waals surface area contributed by atoms with Crippen LogP contribution in [0.2, 0.25) is 0 Å². The summed E-state index contributed by atoms with van der Waals surface area (Å²) in [7, 11) is -3.02. The summed E-state index contributed by atoms with van der Waals surface area (Å²) in [5.41, 5.74) is 22.9. The van der Waals surface area contributed by atoms with Crippen molar-refractivity contribution in [2.75, 3.05) is 4.90 Å². The molecule has 0 radical (unpaired) electrons. The molecule has 0 saturated carbocycles. The van der Waals surface area contributed by atoms with Crippen molar-refractivity contribution in [3.8, 4) is 44.5 Å². The lowest BCUT2D eigenvalue weighted by atomic mass is 9.67. The number of nitrogens with zero attached hydrogens (tertiary/aromatic N) is 1. The fourth-order valence-corrected chi connectivity index (χ4v) is 19.7. The van der Waals surface area contributed by atoms with Crippen LogP contribution < -0.4 is 25.6 Å². The molecule has 0 bridgehead atoms. The zero-order valence-corrected chi connectivity index (χ0v) is 44.7. The van der Waals surface area contributed by atoms with Crippen LogP contribution in [0.15, 0.2) is 297 Å². The van der Waals surface area contributed by atoms with E-state index in [0.717, 1.165) is 17.1 Å². The van der Waals surface area contributed by atoms with Crippen LogP contribution in [0.5, 0.6) is 0 Å². The molecule has 1 aliphatic heterocycles. The fraction of sp³-hybridized carbons (Fsp3) is 0.0526. The molecule has 12 aromatic rings. The number of rotatable bonds is 9. The van der Waals surface area contributed by atoms with Crippen LogP contribution in [-0.2, 0) is 10.8 Å². The van der Waals surface area contributed by atoms with Crippen molar-refractivity contribution >= 4 is 45.9 Å². The molecule has 368 valence electrons. The summed E-state index contributed by atoms with van der Waals surface area (Å²) >= 11 is 0. The maximum absolute atomic E-state index is 3.02. The molecule has 2 unspecified atom stereocenters. The Kier molecular flexibility index (Phi) is 10.5. The highest BCUT2D eigenvalue weighted by molar-refractivity contribution is 7.22. The fourth-order valence-electron chi connectivity index (χ4n) is 14.4. The Hall–Kier alpha value is -9.34. The minimum absolute atomic E-state index is 0.388. The van der Waals surface area contributed by atoms with E-state index in [0.29, 0.717) is 0 Å². The van der Waals surface area contributed by atoms with Gasteiger partial charge in [0.1, 0.15) is 0 Å². The van der Waals surface area contributed by atoms with E-state index in [1.165, 1.54) is 110 Å². The predicted octanol–water partition coefficient (Wildman–Crippen LogP) is 16.2. The van der Waals surface area contributed by atoms with E-state index in [1.54, 1.807) is 0 Å². The third kappa shape index (κ3) is 6.60. The lowest BCUT2D eigenvalue weighted by Crippen LogP contribution is -2.73. The first kappa shape index (κ1) is 46.0. The third-order valence-electron chi connectivity index (χ3n) is 17.7. The van der Waals surface area contributed by atoms with Crippen molar-refractivity contribution in [2.24, 2.45) is 0 Å². The highest BCUT2D eigenvalue weighted by Gasteiger charge is 2.50. The zero-order chi connectivity index (χ0) is 52.0. The quantitative estimate of drug-likeness (QED) is 0.130. The van der Waals surface area contributed by atoms with Gasteiger partial charge in [-0.05, 0) is 160 Å². The first-order chi connectivity index (χ1) is 38.5. The van der Waals surface area contributed by atoms with Gasteiger partial charge in [0, 0.05) is 22.5 Å². The van der Waals surface area contributed by atoms with E-state index >= 15 is 0 Å². The van der Waals surface area contributed by atoms with Gasteiger partial charge in [-0.2, -0.15) is 0 Å². The summed E-state index contributed by atoms with van der Waals surface area (Å²) in [5.74, 6) is 0. The highest BCUT2D eigenvalue weighted by atomic mass is 28.3. The van der Waals surface area contributed by atoms with Gasteiger partial charge < -0.3 is 4.90 Å². The Morgan fingerprint density at radius 1 is 0.295 bits per heavy atom. The molecule has 0 amide bonds. The van der Waals surface area contributed by atoms with Gasteiger partial charge in [-0.1, -0.05) is 261 Å². The zero-order valence-electron chi connectivity index (χ0n) is 43.7. The molecule has 2 heteroatoms. The Bertz CT molecular complexity index is 4250. The average molecular weight is 1010 g/mol. The van der Waals surface area contributed by atoms with E-state index in [4.69, 9.17) is 0 Å². The maximum Gasteiger partial charge on any atom is 0.180 e. The van der Waals surface area contributed by atoms with Crippen molar-refractivity contribution in [3.63, 3.8) is 0 Å². The molecule has 0 spiro atoms. The Labute approximate surface area is 459 Å². The minimum atomic E-state index is -3.02. The Morgan fingerprint density at radius 2 is 0.808 bits per heavy atom. The predicted molar refractivity (Wildman–Crippen MR) is 329 cm³/mol. The van der Waals surface area contributed by atoms with Gasteiger partial charge in [0.2, 0.25) is 0 Å². The van der Waals surface area contributed by atoms with Crippen molar-refractivity contribution in [1.29, 1.82) is 0 Å². The number of benzene rings is 12. The SMILES string of the molecule is Cc1cc(N(c2cccc(C3(c4ccccc4)c4ccccc4-c4ccccc43)c2)c2ccc3c(c2)C(C)(c2ccccc2)c2ccccc2-3)cc([Si]2(c3ccccc3)c3ccccc3-c3ccc(-c4ccccc4)cc32)c1. The molecule has 0 fully saturated rings. The smallest absolute Gasteiger partial charge is 0.180 e. The Morgan fingerprint density at radius 3 is 1.50 bits per heavy atom. The van der Waals surface area contributed by atoms with Crippen molar-refractivity contribution in [1.82, 2.24) is 0 Å². The molecule has 2 atom stereocenters.